The van der Waals surface area contributed by atoms with Gasteiger partial charge in [-0.3, -0.25) is 4.57 Å². The molecule has 0 atom stereocenters. The van der Waals surface area contributed by atoms with Crippen LogP contribution in [0.2, 0.25) is 0 Å². The Bertz CT molecular complexity index is 336. The fourth-order valence-electron chi connectivity index (χ4n) is 0.853. The maximum absolute atomic E-state index is 3.99. The molecule has 0 aliphatic carbocycles. The molecule has 0 aliphatic heterocycles. The summed E-state index contributed by atoms with van der Waals surface area (Å²) in [5, 5.41) is 9.83. The molecule has 0 saturated carbocycles. The summed E-state index contributed by atoms with van der Waals surface area (Å²) in [4.78, 5) is 0. The standard InChI is InChI=1S/C7H7N3S/c1-6-8-9-7(11-6)10-4-2-3-5-10/h2-5H,1H3. The topological polar surface area (TPSA) is 30.7 Å². The van der Waals surface area contributed by atoms with Crippen LogP contribution in [0.25, 0.3) is 5.13 Å². The van der Waals surface area contributed by atoms with Gasteiger partial charge in [-0.15, -0.1) is 10.2 Å². The first-order valence-electron chi connectivity index (χ1n) is 3.30. The van der Waals surface area contributed by atoms with E-state index in [-0.39, 0.29) is 0 Å². The Hall–Kier alpha value is -1.16. The number of aromatic nitrogens is 3. The van der Waals surface area contributed by atoms with Crippen LogP contribution in [0.4, 0.5) is 0 Å². The van der Waals surface area contributed by atoms with Gasteiger partial charge in [0.1, 0.15) is 5.01 Å². The van der Waals surface area contributed by atoms with E-state index in [0.29, 0.717) is 0 Å². The minimum absolute atomic E-state index is 0.924. The molecule has 2 heterocycles. The molecule has 2 aromatic heterocycles. The van der Waals surface area contributed by atoms with Gasteiger partial charge in [0.2, 0.25) is 5.13 Å². The molecule has 0 radical (unpaired) electrons. The van der Waals surface area contributed by atoms with E-state index in [0.717, 1.165) is 10.1 Å². The van der Waals surface area contributed by atoms with Gasteiger partial charge in [-0.2, -0.15) is 0 Å². The fourth-order valence-corrected chi connectivity index (χ4v) is 1.51. The summed E-state index contributed by atoms with van der Waals surface area (Å²) in [5.41, 5.74) is 0. The molecule has 0 saturated heterocycles. The molecule has 0 aromatic carbocycles. The smallest absolute Gasteiger partial charge is 0.216 e. The third-order valence-electron chi connectivity index (χ3n) is 1.34. The van der Waals surface area contributed by atoms with Crippen molar-refractivity contribution in [3.05, 3.63) is 29.5 Å². The average Bonchev–Trinajstić information content (AvgIpc) is 2.55. The Balaban J connectivity index is 2.45. The maximum atomic E-state index is 3.99. The SMILES string of the molecule is Cc1nnc(-n2cccc2)s1. The zero-order chi connectivity index (χ0) is 7.68. The van der Waals surface area contributed by atoms with Crippen LogP contribution in [0.15, 0.2) is 24.5 Å². The Kier molecular flexibility index (Phi) is 1.47. The minimum atomic E-state index is 0.924. The molecular formula is C7H7N3S. The van der Waals surface area contributed by atoms with E-state index in [1.165, 1.54) is 0 Å². The molecule has 0 amide bonds. The zero-order valence-corrected chi connectivity index (χ0v) is 6.88. The van der Waals surface area contributed by atoms with Crippen molar-refractivity contribution < 1.29 is 0 Å². The highest BCUT2D eigenvalue weighted by molar-refractivity contribution is 7.13. The second kappa shape index (κ2) is 2.47. The van der Waals surface area contributed by atoms with Gasteiger partial charge < -0.3 is 0 Å². The fraction of sp³-hybridized carbons (Fsp3) is 0.143. The number of rotatable bonds is 1. The Morgan fingerprint density at radius 3 is 2.55 bits per heavy atom. The van der Waals surface area contributed by atoms with Crippen molar-refractivity contribution in [1.29, 1.82) is 0 Å². The van der Waals surface area contributed by atoms with Gasteiger partial charge >= 0.3 is 0 Å². The summed E-state index contributed by atoms with van der Waals surface area (Å²) < 4.78 is 1.95. The molecule has 3 nitrogen and oxygen atoms in total. The molecule has 0 bridgehead atoms. The van der Waals surface area contributed by atoms with Gasteiger partial charge in [-0.1, -0.05) is 11.3 Å². The lowest BCUT2D eigenvalue weighted by atomic mass is 10.7. The van der Waals surface area contributed by atoms with Crippen molar-refractivity contribution in [3.8, 4) is 5.13 Å². The van der Waals surface area contributed by atoms with E-state index in [1.54, 1.807) is 11.3 Å². The van der Waals surface area contributed by atoms with Crippen LogP contribution in [0, 0.1) is 6.92 Å². The summed E-state index contributed by atoms with van der Waals surface area (Å²) in [7, 11) is 0. The van der Waals surface area contributed by atoms with Crippen molar-refractivity contribution >= 4 is 11.3 Å². The maximum Gasteiger partial charge on any atom is 0.216 e. The number of nitrogens with zero attached hydrogens (tertiary/aromatic N) is 3. The van der Waals surface area contributed by atoms with Gasteiger partial charge in [-0.25, -0.2) is 0 Å². The first-order valence-corrected chi connectivity index (χ1v) is 4.11. The van der Waals surface area contributed by atoms with Gasteiger partial charge in [-0.05, 0) is 19.1 Å². The lowest BCUT2D eigenvalue weighted by molar-refractivity contribution is 0.960. The van der Waals surface area contributed by atoms with Crippen LogP contribution in [0.5, 0.6) is 0 Å². The largest absolute Gasteiger partial charge is 0.299 e. The van der Waals surface area contributed by atoms with E-state index in [1.807, 2.05) is 36.0 Å². The zero-order valence-electron chi connectivity index (χ0n) is 6.06. The summed E-state index contributed by atoms with van der Waals surface area (Å²) in [6.45, 7) is 1.95. The molecule has 11 heavy (non-hydrogen) atoms. The summed E-state index contributed by atoms with van der Waals surface area (Å²) in [5.74, 6) is 0. The highest BCUT2D eigenvalue weighted by atomic mass is 32.1. The summed E-state index contributed by atoms with van der Waals surface area (Å²) in [6.07, 6.45) is 3.92. The lowest BCUT2D eigenvalue weighted by Gasteiger charge is -1.90. The normalized spacial score (nSPS) is 10.3. The van der Waals surface area contributed by atoms with Crippen LogP contribution in [0.3, 0.4) is 0 Å². The van der Waals surface area contributed by atoms with Gasteiger partial charge in [0, 0.05) is 12.4 Å². The Morgan fingerprint density at radius 1 is 1.27 bits per heavy atom. The second-order valence-corrected chi connectivity index (χ2v) is 3.35. The van der Waals surface area contributed by atoms with Crippen LogP contribution in [-0.4, -0.2) is 14.8 Å². The third kappa shape index (κ3) is 1.17. The molecule has 2 aromatic rings. The molecule has 0 N–H and O–H groups in total. The van der Waals surface area contributed by atoms with Crippen molar-refractivity contribution in [1.82, 2.24) is 14.8 Å². The monoisotopic (exact) mass is 165 g/mol. The molecule has 0 aliphatic rings. The molecule has 4 heteroatoms. The first kappa shape index (κ1) is 6.54. The molecule has 0 spiro atoms. The molecule has 56 valence electrons. The highest BCUT2D eigenvalue weighted by Crippen LogP contribution is 2.12. The summed E-state index contributed by atoms with van der Waals surface area (Å²) >= 11 is 1.59. The van der Waals surface area contributed by atoms with Crippen LogP contribution in [0.1, 0.15) is 5.01 Å². The van der Waals surface area contributed by atoms with E-state index < -0.39 is 0 Å². The van der Waals surface area contributed by atoms with Crippen LogP contribution >= 0.6 is 11.3 Å². The van der Waals surface area contributed by atoms with Gasteiger partial charge in [0.15, 0.2) is 0 Å². The third-order valence-corrected chi connectivity index (χ3v) is 2.19. The van der Waals surface area contributed by atoms with Crippen molar-refractivity contribution in [2.75, 3.05) is 0 Å². The predicted molar refractivity (Wildman–Crippen MR) is 44.0 cm³/mol. The first-order chi connectivity index (χ1) is 5.36. The molecule has 0 fully saturated rings. The molecule has 2 rings (SSSR count). The predicted octanol–water partition coefficient (Wildman–Crippen LogP) is 1.64. The minimum Gasteiger partial charge on any atom is -0.299 e. The Morgan fingerprint density at radius 2 is 2.00 bits per heavy atom. The van der Waals surface area contributed by atoms with E-state index >= 15 is 0 Å². The lowest BCUT2D eigenvalue weighted by Crippen LogP contribution is -1.86. The number of aryl methyl sites for hydroxylation is 1. The molecular weight excluding hydrogens is 158 g/mol. The van der Waals surface area contributed by atoms with Crippen LogP contribution < -0.4 is 0 Å². The quantitative estimate of drug-likeness (QED) is 0.643. The number of hydrogen-bond donors (Lipinski definition) is 0. The molecule has 0 unspecified atom stereocenters. The van der Waals surface area contributed by atoms with Gasteiger partial charge in [0.05, 0.1) is 0 Å². The van der Waals surface area contributed by atoms with Crippen LogP contribution in [-0.2, 0) is 0 Å². The summed E-state index contributed by atoms with van der Waals surface area (Å²) in [6, 6.07) is 3.94. The number of hydrogen-bond acceptors (Lipinski definition) is 3. The van der Waals surface area contributed by atoms with Crippen molar-refractivity contribution in [3.63, 3.8) is 0 Å². The van der Waals surface area contributed by atoms with E-state index in [2.05, 4.69) is 10.2 Å². The van der Waals surface area contributed by atoms with Crippen molar-refractivity contribution in [2.24, 2.45) is 0 Å². The highest BCUT2D eigenvalue weighted by Gasteiger charge is 1.99. The Labute approximate surface area is 68.3 Å². The average molecular weight is 165 g/mol. The van der Waals surface area contributed by atoms with E-state index in [4.69, 9.17) is 0 Å². The van der Waals surface area contributed by atoms with Crippen molar-refractivity contribution in [2.45, 2.75) is 6.92 Å². The van der Waals surface area contributed by atoms with Gasteiger partial charge in [0.25, 0.3) is 0 Å². The van der Waals surface area contributed by atoms with E-state index in [9.17, 15) is 0 Å². The second-order valence-electron chi connectivity index (χ2n) is 2.19.